The SMILES string of the molecule is CSCCC(C)NCC(=O)Nc1ccc(F)cc1. The molecule has 1 rings (SSSR count). The van der Waals surface area contributed by atoms with Gasteiger partial charge in [0.1, 0.15) is 5.82 Å². The van der Waals surface area contributed by atoms with Crippen molar-refractivity contribution in [3.05, 3.63) is 30.1 Å². The third-order valence-electron chi connectivity index (χ3n) is 2.49. The molecule has 0 aromatic heterocycles. The number of benzene rings is 1. The highest BCUT2D eigenvalue weighted by molar-refractivity contribution is 7.98. The molecule has 0 aliphatic carbocycles. The molecule has 0 bridgehead atoms. The Labute approximate surface area is 112 Å². The summed E-state index contributed by atoms with van der Waals surface area (Å²) in [5.41, 5.74) is 0.611. The number of anilines is 1. The summed E-state index contributed by atoms with van der Waals surface area (Å²) < 4.78 is 12.7. The highest BCUT2D eigenvalue weighted by Crippen LogP contribution is 2.07. The summed E-state index contributed by atoms with van der Waals surface area (Å²) in [7, 11) is 0. The molecule has 18 heavy (non-hydrogen) atoms. The van der Waals surface area contributed by atoms with E-state index in [2.05, 4.69) is 23.8 Å². The summed E-state index contributed by atoms with van der Waals surface area (Å²) in [6, 6.07) is 6.06. The topological polar surface area (TPSA) is 41.1 Å². The largest absolute Gasteiger partial charge is 0.325 e. The van der Waals surface area contributed by atoms with E-state index in [9.17, 15) is 9.18 Å². The average Bonchev–Trinajstić information content (AvgIpc) is 2.36. The van der Waals surface area contributed by atoms with Crippen molar-refractivity contribution in [2.24, 2.45) is 0 Å². The second-order valence-corrected chi connectivity index (χ2v) is 5.10. The maximum absolute atomic E-state index is 12.7. The summed E-state index contributed by atoms with van der Waals surface area (Å²) in [4.78, 5) is 11.6. The van der Waals surface area contributed by atoms with Crippen molar-refractivity contribution in [1.29, 1.82) is 0 Å². The first-order valence-corrected chi connectivity index (χ1v) is 7.29. The van der Waals surface area contributed by atoms with Crippen LogP contribution in [0.4, 0.5) is 10.1 Å². The van der Waals surface area contributed by atoms with Crippen molar-refractivity contribution < 1.29 is 9.18 Å². The number of hydrogen-bond donors (Lipinski definition) is 2. The van der Waals surface area contributed by atoms with Crippen LogP contribution in [0.5, 0.6) is 0 Å². The lowest BCUT2D eigenvalue weighted by molar-refractivity contribution is -0.115. The lowest BCUT2D eigenvalue weighted by Crippen LogP contribution is -2.34. The van der Waals surface area contributed by atoms with Crippen LogP contribution in [0.2, 0.25) is 0 Å². The molecule has 0 aliphatic heterocycles. The van der Waals surface area contributed by atoms with E-state index in [1.807, 2.05) is 0 Å². The molecular formula is C13H19FN2OS. The minimum atomic E-state index is -0.309. The van der Waals surface area contributed by atoms with Gasteiger partial charge in [-0.25, -0.2) is 4.39 Å². The fourth-order valence-electron chi connectivity index (χ4n) is 1.40. The maximum Gasteiger partial charge on any atom is 0.238 e. The molecule has 0 radical (unpaired) electrons. The van der Waals surface area contributed by atoms with Crippen molar-refractivity contribution in [1.82, 2.24) is 5.32 Å². The average molecular weight is 270 g/mol. The molecule has 0 aliphatic rings. The van der Waals surface area contributed by atoms with Gasteiger partial charge in [0.05, 0.1) is 6.54 Å². The molecule has 1 aromatic carbocycles. The van der Waals surface area contributed by atoms with Crippen LogP contribution in [0.3, 0.4) is 0 Å². The van der Waals surface area contributed by atoms with Gasteiger partial charge in [-0.05, 0) is 49.6 Å². The van der Waals surface area contributed by atoms with Gasteiger partial charge in [0.2, 0.25) is 5.91 Å². The standard InChI is InChI=1S/C13H19FN2OS/c1-10(7-8-18-2)15-9-13(17)16-12-5-3-11(14)4-6-12/h3-6,10,15H,7-9H2,1-2H3,(H,16,17). The predicted molar refractivity (Wildman–Crippen MR) is 75.5 cm³/mol. The van der Waals surface area contributed by atoms with Gasteiger partial charge in [0.25, 0.3) is 0 Å². The van der Waals surface area contributed by atoms with Gasteiger partial charge in [0.15, 0.2) is 0 Å². The van der Waals surface area contributed by atoms with Gasteiger partial charge in [0, 0.05) is 11.7 Å². The first-order chi connectivity index (χ1) is 8.61. The van der Waals surface area contributed by atoms with Crippen LogP contribution in [-0.4, -0.2) is 30.5 Å². The fraction of sp³-hybridized carbons (Fsp3) is 0.462. The molecule has 5 heteroatoms. The third kappa shape index (κ3) is 6.02. The Bertz CT molecular complexity index is 370. The quantitative estimate of drug-likeness (QED) is 0.800. The predicted octanol–water partition coefficient (Wildman–Crippen LogP) is 2.50. The Morgan fingerprint density at radius 1 is 1.39 bits per heavy atom. The van der Waals surface area contributed by atoms with E-state index >= 15 is 0 Å². The number of rotatable bonds is 7. The number of thioether (sulfide) groups is 1. The van der Waals surface area contributed by atoms with Gasteiger partial charge in [-0.1, -0.05) is 0 Å². The molecule has 0 saturated heterocycles. The number of halogens is 1. The van der Waals surface area contributed by atoms with Gasteiger partial charge >= 0.3 is 0 Å². The van der Waals surface area contributed by atoms with Crippen LogP contribution < -0.4 is 10.6 Å². The molecule has 2 N–H and O–H groups in total. The van der Waals surface area contributed by atoms with Crippen molar-refractivity contribution >= 4 is 23.4 Å². The number of carbonyl (C=O) groups excluding carboxylic acids is 1. The zero-order valence-electron chi connectivity index (χ0n) is 10.7. The number of nitrogens with one attached hydrogen (secondary N) is 2. The smallest absolute Gasteiger partial charge is 0.238 e. The van der Waals surface area contributed by atoms with E-state index in [0.29, 0.717) is 11.7 Å². The highest BCUT2D eigenvalue weighted by Gasteiger charge is 2.05. The van der Waals surface area contributed by atoms with Gasteiger partial charge in [-0.3, -0.25) is 4.79 Å². The molecule has 100 valence electrons. The molecule has 0 saturated carbocycles. The lowest BCUT2D eigenvalue weighted by atomic mass is 10.2. The molecule has 3 nitrogen and oxygen atoms in total. The van der Waals surface area contributed by atoms with E-state index < -0.39 is 0 Å². The zero-order valence-corrected chi connectivity index (χ0v) is 11.5. The summed E-state index contributed by atoms with van der Waals surface area (Å²) >= 11 is 1.79. The summed E-state index contributed by atoms with van der Waals surface area (Å²) in [5, 5.41) is 5.86. The summed E-state index contributed by atoms with van der Waals surface area (Å²) in [6.45, 7) is 2.33. The van der Waals surface area contributed by atoms with E-state index in [1.54, 1.807) is 23.9 Å². The van der Waals surface area contributed by atoms with E-state index in [4.69, 9.17) is 0 Å². The van der Waals surface area contributed by atoms with Gasteiger partial charge in [-0.2, -0.15) is 11.8 Å². The molecule has 1 unspecified atom stereocenters. The minimum absolute atomic E-state index is 0.113. The Kier molecular flexibility index (Phi) is 6.75. The van der Waals surface area contributed by atoms with Crippen molar-refractivity contribution in [2.45, 2.75) is 19.4 Å². The second kappa shape index (κ2) is 8.11. The lowest BCUT2D eigenvalue weighted by Gasteiger charge is -2.12. The first-order valence-electron chi connectivity index (χ1n) is 5.89. The molecule has 0 spiro atoms. The van der Waals surface area contributed by atoms with Crippen LogP contribution in [0.1, 0.15) is 13.3 Å². The third-order valence-corrected chi connectivity index (χ3v) is 3.14. The van der Waals surface area contributed by atoms with Gasteiger partial charge in [-0.15, -0.1) is 0 Å². The van der Waals surface area contributed by atoms with E-state index in [1.165, 1.54) is 12.1 Å². The van der Waals surface area contributed by atoms with Crippen LogP contribution >= 0.6 is 11.8 Å². The first kappa shape index (κ1) is 15.0. The van der Waals surface area contributed by atoms with Crippen molar-refractivity contribution in [3.63, 3.8) is 0 Å². The fourth-order valence-corrected chi connectivity index (χ4v) is 1.99. The van der Waals surface area contributed by atoms with Crippen molar-refractivity contribution in [3.8, 4) is 0 Å². The molecule has 0 fully saturated rings. The molecule has 1 aromatic rings. The monoisotopic (exact) mass is 270 g/mol. The van der Waals surface area contributed by atoms with Crippen LogP contribution in [0.25, 0.3) is 0 Å². The van der Waals surface area contributed by atoms with Crippen LogP contribution in [-0.2, 0) is 4.79 Å². The molecule has 0 heterocycles. The highest BCUT2D eigenvalue weighted by atomic mass is 32.2. The summed E-state index contributed by atoms with van der Waals surface area (Å²) in [5.74, 6) is 0.655. The Hall–Kier alpha value is -1.07. The second-order valence-electron chi connectivity index (χ2n) is 4.12. The molecule has 1 atom stereocenters. The number of hydrogen-bond acceptors (Lipinski definition) is 3. The number of carbonyl (C=O) groups is 1. The molecular weight excluding hydrogens is 251 g/mol. The summed E-state index contributed by atoms with van der Waals surface area (Å²) in [6.07, 6.45) is 3.10. The van der Waals surface area contributed by atoms with Crippen LogP contribution in [0, 0.1) is 5.82 Å². The Morgan fingerprint density at radius 3 is 2.67 bits per heavy atom. The maximum atomic E-state index is 12.7. The Morgan fingerprint density at radius 2 is 2.06 bits per heavy atom. The minimum Gasteiger partial charge on any atom is -0.325 e. The molecule has 1 amide bonds. The number of amides is 1. The van der Waals surface area contributed by atoms with Gasteiger partial charge < -0.3 is 10.6 Å². The van der Waals surface area contributed by atoms with E-state index in [-0.39, 0.29) is 18.3 Å². The van der Waals surface area contributed by atoms with E-state index in [0.717, 1.165) is 12.2 Å². The Balaban J connectivity index is 2.27. The van der Waals surface area contributed by atoms with Crippen molar-refractivity contribution in [2.75, 3.05) is 23.9 Å². The normalized spacial score (nSPS) is 12.2. The zero-order chi connectivity index (χ0) is 13.4. The van der Waals surface area contributed by atoms with Crippen LogP contribution in [0.15, 0.2) is 24.3 Å².